The average molecular weight is 521 g/mol. The van der Waals surface area contributed by atoms with Crippen LogP contribution in [0.4, 0.5) is 0 Å². The SMILES string of the molecule is CP(C)(=O)c1ccc(-c2cccc3c2-c2cc4ccccc4cc2C3(c2ccccc2)c2ccccc2)cc1. The molecule has 2 heteroatoms. The van der Waals surface area contributed by atoms with Gasteiger partial charge in [0.1, 0.15) is 7.14 Å². The average Bonchev–Trinajstić information content (AvgIpc) is 3.27. The topological polar surface area (TPSA) is 17.1 Å². The molecule has 0 bridgehead atoms. The summed E-state index contributed by atoms with van der Waals surface area (Å²) in [5.41, 5.74) is 9.56. The molecule has 0 atom stereocenters. The van der Waals surface area contributed by atoms with Crippen molar-refractivity contribution >= 4 is 23.2 Å². The lowest BCUT2D eigenvalue weighted by Gasteiger charge is -2.34. The minimum absolute atomic E-state index is 0.449. The molecule has 1 aliphatic rings. The maximum atomic E-state index is 12.7. The van der Waals surface area contributed by atoms with Crippen LogP contribution in [0.25, 0.3) is 33.0 Å². The van der Waals surface area contributed by atoms with Gasteiger partial charge in [0.05, 0.1) is 5.41 Å². The van der Waals surface area contributed by atoms with Gasteiger partial charge in [-0.15, -0.1) is 0 Å². The molecule has 0 heterocycles. The highest BCUT2D eigenvalue weighted by Gasteiger charge is 2.47. The lowest BCUT2D eigenvalue weighted by molar-refractivity contribution is 0.588. The Morgan fingerprint density at radius 3 is 1.67 bits per heavy atom. The summed E-state index contributed by atoms with van der Waals surface area (Å²) in [6, 6.07) is 50.4. The quantitative estimate of drug-likeness (QED) is 0.212. The van der Waals surface area contributed by atoms with Gasteiger partial charge in [0, 0.05) is 5.30 Å². The fraction of sp³-hybridized carbons (Fsp3) is 0.0811. The number of hydrogen-bond acceptors (Lipinski definition) is 1. The second-order valence-corrected chi connectivity index (χ2v) is 14.1. The van der Waals surface area contributed by atoms with E-state index in [1.165, 1.54) is 49.7 Å². The Balaban J connectivity index is 1.62. The summed E-state index contributed by atoms with van der Waals surface area (Å²) in [4.78, 5) is 0. The summed E-state index contributed by atoms with van der Waals surface area (Å²) >= 11 is 0. The molecule has 6 aromatic carbocycles. The van der Waals surface area contributed by atoms with Crippen molar-refractivity contribution in [2.75, 3.05) is 13.3 Å². The highest BCUT2D eigenvalue weighted by Crippen LogP contribution is 2.58. The Hall–Kier alpha value is -4.19. The maximum absolute atomic E-state index is 12.7. The Labute approximate surface area is 230 Å². The minimum atomic E-state index is -2.33. The zero-order chi connectivity index (χ0) is 26.6. The molecule has 0 saturated heterocycles. The van der Waals surface area contributed by atoms with E-state index in [9.17, 15) is 4.57 Å². The van der Waals surface area contributed by atoms with Crippen LogP contribution in [-0.4, -0.2) is 13.3 Å². The lowest BCUT2D eigenvalue weighted by Crippen LogP contribution is -2.28. The van der Waals surface area contributed by atoms with Crippen molar-refractivity contribution < 1.29 is 4.57 Å². The van der Waals surface area contributed by atoms with Crippen molar-refractivity contribution in [1.82, 2.24) is 0 Å². The summed E-state index contributed by atoms with van der Waals surface area (Å²) in [5.74, 6) is 0. The van der Waals surface area contributed by atoms with Gasteiger partial charge in [-0.05, 0) is 80.7 Å². The predicted molar refractivity (Wildman–Crippen MR) is 166 cm³/mol. The van der Waals surface area contributed by atoms with Crippen molar-refractivity contribution in [1.29, 1.82) is 0 Å². The van der Waals surface area contributed by atoms with Crippen LogP contribution in [0.15, 0.2) is 140 Å². The van der Waals surface area contributed by atoms with Gasteiger partial charge in [-0.3, -0.25) is 0 Å². The maximum Gasteiger partial charge on any atom is 0.109 e. The molecule has 0 saturated carbocycles. The van der Waals surface area contributed by atoms with Crippen molar-refractivity contribution in [3.05, 3.63) is 162 Å². The van der Waals surface area contributed by atoms with Gasteiger partial charge in [0.2, 0.25) is 0 Å². The van der Waals surface area contributed by atoms with E-state index < -0.39 is 12.6 Å². The minimum Gasteiger partial charge on any atom is -0.319 e. The first-order valence-corrected chi connectivity index (χ1v) is 16.0. The van der Waals surface area contributed by atoms with Gasteiger partial charge in [-0.25, -0.2) is 0 Å². The third-order valence-corrected chi connectivity index (χ3v) is 9.78. The van der Waals surface area contributed by atoms with E-state index in [0.29, 0.717) is 0 Å². The third-order valence-electron chi connectivity index (χ3n) is 8.24. The molecule has 0 fully saturated rings. The lowest BCUT2D eigenvalue weighted by atomic mass is 9.67. The zero-order valence-corrected chi connectivity index (χ0v) is 23.0. The van der Waals surface area contributed by atoms with Gasteiger partial charge in [0.15, 0.2) is 0 Å². The molecule has 7 rings (SSSR count). The van der Waals surface area contributed by atoms with E-state index in [1.54, 1.807) is 0 Å². The summed E-state index contributed by atoms with van der Waals surface area (Å²) < 4.78 is 12.7. The van der Waals surface area contributed by atoms with Crippen molar-refractivity contribution in [2.45, 2.75) is 5.41 Å². The third kappa shape index (κ3) is 3.65. The summed E-state index contributed by atoms with van der Waals surface area (Å²) in [5, 5.41) is 3.39. The van der Waals surface area contributed by atoms with Crippen LogP contribution in [0.3, 0.4) is 0 Å². The van der Waals surface area contributed by atoms with Crippen LogP contribution in [0.1, 0.15) is 22.3 Å². The first kappa shape index (κ1) is 23.9. The highest BCUT2D eigenvalue weighted by atomic mass is 31.2. The molecule has 0 aromatic heterocycles. The monoisotopic (exact) mass is 520 g/mol. The van der Waals surface area contributed by atoms with Crippen LogP contribution in [0.2, 0.25) is 0 Å². The van der Waals surface area contributed by atoms with E-state index in [1.807, 2.05) is 25.5 Å². The van der Waals surface area contributed by atoms with Gasteiger partial charge in [-0.1, -0.05) is 127 Å². The Bertz CT molecular complexity index is 1840. The molecular weight excluding hydrogens is 491 g/mol. The van der Waals surface area contributed by atoms with Gasteiger partial charge in [0.25, 0.3) is 0 Å². The molecule has 0 radical (unpaired) electrons. The van der Waals surface area contributed by atoms with Gasteiger partial charge in [-0.2, -0.15) is 0 Å². The molecule has 6 aromatic rings. The predicted octanol–water partition coefficient (Wildman–Crippen LogP) is 9.12. The molecule has 39 heavy (non-hydrogen) atoms. The molecule has 0 unspecified atom stereocenters. The molecule has 0 aliphatic heterocycles. The standard InChI is InChI=1S/C37H29OP/c1-39(2,38)31-22-20-26(21-23-31)32-18-11-19-34-36(32)33-24-27-12-9-10-13-28(27)25-35(33)37(34,29-14-5-3-6-15-29)30-16-7-4-8-17-30/h3-25H,1-2H3. The van der Waals surface area contributed by atoms with Crippen LogP contribution >= 0.6 is 7.14 Å². The van der Waals surface area contributed by atoms with E-state index in [0.717, 1.165) is 10.9 Å². The van der Waals surface area contributed by atoms with Crippen LogP contribution in [-0.2, 0) is 9.98 Å². The first-order chi connectivity index (χ1) is 19.0. The molecule has 188 valence electrons. The Morgan fingerprint density at radius 2 is 1.08 bits per heavy atom. The number of hydrogen-bond donors (Lipinski definition) is 0. The highest BCUT2D eigenvalue weighted by molar-refractivity contribution is 7.70. The van der Waals surface area contributed by atoms with Crippen molar-refractivity contribution in [3.63, 3.8) is 0 Å². The molecule has 0 amide bonds. The number of rotatable bonds is 4. The molecule has 0 spiro atoms. The first-order valence-electron chi connectivity index (χ1n) is 13.4. The normalized spacial score (nSPS) is 13.7. The van der Waals surface area contributed by atoms with E-state index in [-0.39, 0.29) is 0 Å². The van der Waals surface area contributed by atoms with Crippen LogP contribution < -0.4 is 5.30 Å². The van der Waals surface area contributed by atoms with E-state index in [2.05, 4.69) is 127 Å². The van der Waals surface area contributed by atoms with Gasteiger partial charge >= 0.3 is 0 Å². The second kappa shape index (κ2) is 8.94. The van der Waals surface area contributed by atoms with Gasteiger partial charge < -0.3 is 4.57 Å². The smallest absolute Gasteiger partial charge is 0.109 e. The molecule has 1 nitrogen and oxygen atoms in total. The number of benzene rings is 6. The Kier molecular flexibility index (Phi) is 5.48. The summed E-state index contributed by atoms with van der Waals surface area (Å²) in [6.07, 6.45) is 0. The fourth-order valence-corrected chi connectivity index (χ4v) is 7.33. The van der Waals surface area contributed by atoms with Crippen molar-refractivity contribution in [3.8, 4) is 22.3 Å². The molecular formula is C37H29OP. The summed E-state index contributed by atoms with van der Waals surface area (Å²) in [7, 11) is -2.33. The largest absolute Gasteiger partial charge is 0.319 e. The number of fused-ring (bicyclic) bond motifs is 4. The zero-order valence-electron chi connectivity index (χ0n) is 22.1. The van der Waals surface area contributed by atoms with E-state index in [4.69, 9.17) is 0 Å². The molecule has 0 N–H and O–H groups in total. The van der Waals surface area contributed by atoms with Crippen LogP contribution in [0.5, 0.6) is 0 Å². The van der Waals surface area contributed by atoms with Crippen molar-refractivity contribution in [2.24, 2.45) is 0 Å². The molecule has 1 aliphatic carbocycles. The second-order valence-electron chi connectivity index (χ2n) is 10.9. The van der Waals surface area contributed by atoms with E-state index >= 15 is 0 Å². The fourth-order valence-electron chi connectivity index (χ4n) is 6.46. The van der Waals surface area contributed by atoms with Crippen LogP contribution in [0, 0.1) is 0 Å². The summed E-state index contributed by atoms with van der Waals surface area (Å²) in [6.45, 7) is 3.66. The Morgan fingerprint density at radius 1 is 0.513 bits per heavy atom.